The molecule has 0 radical (unpaired) electrons. The fourth-order valence-electron chi connectivity index (χ4n) is 1.60. The van der Waals surface area contributed by atoms with Gasteiger partial charge in [-0.3, -0.25) is 0 Å². The molecular weight excluding hydrogens is 277 g/mol. The van der Waals surface area contributed by atoms with Crippen molar-refractivity contribution < 1.29 is 23.6 Å². The Morgan fingerprint density at radius 2 is 1.57 bits per heavy atom. The Balaban J connectivity index is 0.000000522. The summed E-state index contributed by atoms with van der Waals surface area (Å²) in [4.78, 5) is 2.07. The molecule has 0 bridgehead atoms. The molecule has 2 aromatic carbocycles. The summed E-state index contributed by atoms with van der Waals surface area (Å²) in [6, 6.07) is 21.4. The van der Waals surface area contributed by atoms with Gasteiger partial charge in [-0.15, -0.1) is 18.2 Å². The van der Waals surface area contributed by atoms with Crippen molar-refractivity contribution in [3.05, 3.63) is 85.6 Å². The van der Waals surface area contributed by atoms with Gasteiger partial charge in [0.2, 0.25) is 0 Å². The van der Waals surface area contributed by atoms with E-state index in [0.29, 0.717) is 19.3 Å². The Morgan fingerprint density at radius 1 is 1.04 bits per heavy atom. The molecule has 0 fully saturated rings. The number of ether oxygens (including phenoxy) is 1. The molecule has 0 spiro atoms. The maximum atomic E-state index is 5.59. The standard InChI is InChI=1S/C14H13O.C6H13N.Li/c1-3-7-13(8-4-1)11-15-12-14-9-5-2-6-10-14;1-5-7(4)6(2)3;/h1,3-10H,11-12H2;6H,1-2,5H2,3-4H3;/q-1;-2;+1/t;6-;/m.1./s1. The molecule has 2 aromatic rings. The van der Waals surface area contributed by atoms with Crippen LogP contribution >= 0.6 is 0 Å². The minimum Gasteiger partial charge on any atom is -0.374 e. The van der Waals surface area contributed by atoms with Crippen LogP contribution in [0, 0.1) is 19.9 Å². The van der Waals surface area contributed by atoms with Gasteiger partial charge in [0.1, 0.15) is 0 Å². The van der Waals surface area contributed by atoms with Crippen LogP contribution in [-0.4, -0.2) is 24.5 Å². The molecule has 0 aliphatic rings. The van der Waals surface area contributed by atoms with E-state index in [2.05, 4.69) is 36.9 Å². The SMILES string of the molecule is [CH2-]CN(C)[C@H]([CH2-])C.[Li+].[c-]1ccc(COCc2ccccc2)cc1. The molecule has 0 amide bonds. The molecule has 0 aliphatic heterocycles. The fourth-order valence-corrected chi connectivity index (χ4v) is 1.60. The Labute approximate surface area is 154 Å². The zero-order chi connectivity index (χ0) is 16.2. The van der Waals surface area contributed by atoms with Crippen LogP contribution < -0.4 is 18.9 Å². The van der Waals surface area contributed by atoms with Gasteiger partial charge in [-0.2, -0.15) is 30.3 Å². The molecule has 0 aromatic heterocycles. The molecule has 0 saturated heterocycles. The molecule has 3 heteroatoms. The molecule has 1 atom stereocenters. The molecule has 0 saturated carbocycles. The topological polar surface area (TPSA) is 12.5 Å². The summed E-state index contributed by atoms with van der Waals surface area (Å²) in [7, 11) is 2.00. The summed E-state index contributed by atoms with van der Waals surface area (Å²) in [5, 5.41) is 0. The van der Waals surface area contributed by atoms with Crippen LogP contribution in [0.15, 0.2) is 54.6 Å². The van der Waals surface area contributed by atoms with Gasteiger partial charge < -0.3 is 23.5 Å². The molecule has 2 rings (SSSR count). The second-order valence-electron chi connectivity index (χ2n) is 5.22. The molecule has 0 N–H and O–H groups in total. The number of benzene rings is 2. The summed E-state index contributed by atoms with van der Waals surface area (Å²) < 4.78 is 5.59. The van der Waals surface area contributed by atoms with Crippen molar-refractivity contribution in [1.82, 2.24) is 4.90 Å². The molecule has 120 valence electrons. The van der Waals surface area contributed by atoms with Crippen LogP contribution in [0.4, 0.5) is 0 Å². The summed E-state index contributed by atoms with van der Waals surface area (Å²) in [5.41, 5.74) is 2.39. The van der Waals surface area contributed by atoms with E-state index in [1.54, 1.807) is 0 Å². The van der Waals surface area contributed by atoms with Crippen molar-refractivity contribution in [1.29, 1.82) is 0 Å². The Morgan fingerprint density at radius 3 is 2.00 bits per heavy atom. The van der Waals surface area contributed by atoms with Gasteiger partial charge in [0.15, 0.2) is 0 Å². The molecule has 0 heterocycles. The van der Waals surface area contributed by atoms with Crippen LogP contribution in [0.25, 0.3) is 0 Å². The third-order valence-electron chi connectivity index (χ3n) is 3.27. The second kappa shape index (κ2) is 13.4. The summed E-state index contributed by atoms with van der Waals surface area (Å²) >= 11 is 0. The van der Waals surface area contributed by atoms with E-state index in [0.717, 1.165) is 6.54 Å². The normalized spacial score (nSPS) is 11.2. The zero-order valence-electron chi connectivity index (χ0n) is 14.7. The minimum absolute atomic E-state index is 0. The van der Waals surface area contributed by atoms with Crippen LogP contribution in [0.3, 0.4) is 0 Å². The first-order valence-electron chi connectivity index (χ1n) is 7.52. The first kappa shape index (κ1) is 22.0. The predicted molar refractivity (Wildman–Crippen MR) is 93.0 cm³/mol. The fraction of sp³-hybridized carbons (Fsp3) is 0.300. The number of hydrogen-bond acceptors (Lipinski definition) is 2. The van der Waals surface area contributed by atoms with Crippen molar-refractivity contribution in [3.8, 4) is 0 Å². The van der Waals surface area contributed by atoms with Gasteiger partial charge in [0, 0.05) is 0 Å². The minimum atomic E-state index is 0. The Kier molecular flexibility index (Phi) is 12.8. The quantitative estimate of drug-likeness (QED) is 0.587. The summed E-state index contributed by atoms with van der Waals surface area (Å²) in [6.07, 6.45) is 0. The van der Waals surface area contributed by atoms with E-state index in [1.165, 1.54) is 11.1 Å². The van der Waals surface area contributed by atoms with Crippen LogP contribution in [0.2, 0.25) is 0 Å². The summed E-state index contributed by atoms with van der Waals surface area (Å²) in [5.74, 6) is 0. The van der Waals surface area contributed by atoms with Gasteiger partial charge in [0.05, 0.1) is 13.2 Å². The van der Waals surface area contributed by atoms with Crippen molar-refractivity contribution in [2.75, 3.05) is 13.6 Å². The average molecular weight is 303 g/mol. The van der Waals surface area contributed by atoms with Crippen LogP contribution in [-0.2, 0) is 18.0 Å². The molecule has 0 unspecified atom stereocenters. The van der Waals surface area contributed by atoms with E-state index in [4.69, 9.17) is 4.74 Å². The third-order valence-corrected chi connectivity index (χ3v) is 3.27. The van der Waals surface area contributed by atoms with E-state index >= 15 is 0 Å². The van der Waals surface area contributed by atoms with E-state index in [9.17, 15) is 0 Å². The first-order valence-corrected chi connectivity index (χ1v) is 7.52. The zero-order valence-corrected chi connectivity index (χ0v) is 14.7. The van der Waals surface area contributed by atoms with Crippen molar-refractivity contribution in [3.63, 3.8) is 0 Å². The maximum Gasteiger partial charge on any atom is 1.00 e. The number of rotatable bonds is 6. The van der Waals surface area contributed by atoms with Crippen LogP contribution in [0.5, 0.6) is 0 Å². The van der Waals surface area contributed by atoms with Crippen molar-refractivity contribution in [2.24, 2.45) is 0 Å². The molecule has 2 nitrogen and oxygen atoms in total. The van der Waals surface area contributed by atoms with Crippen molar-refractivity contribution in [2.45, 2.75) is 26.2 Å². The monoisotopic (exact) mass is 303 g/mol. The van der Waals surface area contributed by atoms with E-state index in [1.807, 2.05) is 56.4 Å². The Hall–Kier alpha value is -1.04. The van der Waals surface area contributed by atoms with Crippen molar-refractivity contribution >= 4 is 0 Å². The molecule has 23 heavy (non-hydrogen) atoms. The third kappa shape index (κ3) is 10.4. The number of nitrogens with zero attached hydrogens (tertiary/aromatic N) is 1. The van der Waals surface area contributed by atoms with Gasteiger partial charge in [0.25, 0.3) is 0 Å². The van der Waals surface area contributed by atoms with Gasteiger partial charge in [-0.1, -0.05) is 37.3 Å². The van der Waals surface area contributed by atoms with Gasteiger partial charge in [-0.25, -0.2) is 0 Å². The van der Waals surface area contributed by atoms with Crippen LogP contribution in [0.1, 0.15) is 18.1 Å². The first-order chi connectivity index (χ1) is 10.6. The van der Waals surface area contributed by atoms with Gasteiger partial charge in [-0.05, 0) is 12.6 Å². The van der Waals surface area contributed by atoms with Gasteiger partial charge >= 0.3 is 18.9 Å². The second-order valence-corrected chi connectivity index (χ2v) is 5.22. The average Bonchev–Trinajstić information content (AvgIpc) is 2.56. The van der Waals surface area contributed by atoms with E-state index in [-0.39, 0.29) is 18.9 Å². The predicted octanol–water partition coefficient (Wildman–Crippen LogP) is 1.18. The molecular formula is C20H26LiNO-2. The van der Waals surface area contributed by atoms with E-state index < -0.39 is 0 Å². The molecule has 0 aliphatic carbocycles. The maximum absolute atomic E-state index is 5.59. The largest absolute Gasteiger partial charge is 1.00 e. The smallest absolute Gasteiger partial charge is 0.374 e. The number of hydrogen-bond donors (Lipinski definition) is 0. The Bertz CT molecular complexity index is 448. The summed E-state index contributed by atoms with van der Waals surface area (Å²) in [6.45, 7) is 11.7.